The number of benzene rings is 4. The molecule has 1 fully saturated rings. The number of anilines is 1. The van der Waals surface area contributed by atoms with Crippen molar-refractivity contribution in [1.29, 1.82) is 0 Å². The number of hydrogen-bond acceptors (Lipinski definition) is 6. The number of phenolic OH excluding ortho intramolecular Hbond substituents is 1. The summed E-state index contributed by atoms with van der Waals surface area (Å²) in [5.41, 5.74) is 4.02. The molecule has 7 nitrogen and oxygen atoms in total. The molecular weight excluding hydrogens is 590 g/mol. The molecule has 0 spiro atoms. The zero-order valence-electron chi connectivity index (χ0n) is 26.6. The monoisotopic (exact) mass is 631 g/mol. The summed E-state index contributed by atoms with van der Waals surface area (Å²) >= 11 is 0. The average molecular weight is 632 g/mol. The highest BCUT2D eigenvalue weighted by Gasteiger charge is 2.55. The Morgan fingerprint density at radius 2 is 1.57 bits per heavy atom. The fourth-order valence-electron chi connectivity index (χ4n) is 7.33. The van der Waals surface area contributed by atoms with Gasteiger partial charge >= 0.3 is 0 Å². The Morgan fingerprint density at radius 1 is 0.894 bits per heavy atom. The van der Waals surface area contributed by atoms with Crippen molar-refractivity contribution in [2.45, 2.75) is 45.1 Å². The zero-order valence-corrected chi connectivity index (χ0v) is 26.6. The number of hydrogen-bond donors (Lipinski definition) is 3. The molecule has 3 N–H and O–H groups in total. The van der Waals surface area contributed by atoms with Crippen molar-refractivity contribution in [3.63, 3.8) is 0 Å². The second kappa shape index (κ2) is 14.4. The zero-order chi connectivity index (χ0) is 32.9. The molecule has 2 aliphatic rings. The number of imide groups is 1. The molecule has 4 atom stereocenters. The smallest absolute Gasteiger partial charge is 0.238 e. The van der Waals surface area contributed by atoms with Gasteiger partial charge in [0.25, 0.3) is 0 Å². The predicted molar refractivity (Wildman–Crippen MR) is 184 cm³/mol. The molecule has 1 aliphatic carbocycles. The quantitative estimate of drug-likeness (QED) is 0.114. The molecule has 2 amide bonds. The van der Waals surface area contributed by atoms with Gasteiger partial charge in [0.05, 0.1) is 30.2 Å². The van der Waals surface area contributed by atoms with Crippen molar-refractivity contribution in [2.24, 2.45) is 17.8 Å². The first kappa shape index (κ1) is 32.2. The lowest BCUT2D eigenvalue weighted by molar-refractivity contribution is -0.123. The fraction of sp³-hybridized carbons (Fsp3) is 0.300. The predicted octanol–water partition coefficient (Wildman–Crippen LogP) is 7.06. The first-order chi connectivity index (χ1) is 22.9. The molecule has 1 heterocycles. The fourth-order valence-corrected chi connectivity index (χ4v) is 7.33. The van der Waals surface area contributed by atoms with E-state index in [1.165, 1.54) is 4.90 Å². The number of ether oxygens (including phenoxy) is 1. The Labute approximate surface area is 275 Å². The second-order valence-electron chi connectivity index (χ2n) is 12.5. The maximum absolute atomic E-state index is 13.9. The minimum Gasteiger partial charge on any atom is -0.507 e. The largest absolute Gasteiger partial charge is 0.507 e. The number of phenols is 1. The van der Waals surface area contributed by atoms with Gasteiger partial charge in [-0.15, -0.1) is 0 Å². The molecule has 1 aliphatic heterocycles. The lowest BCUT2D eigenvalue weighted by Crippen LogP contribution is -2.40. The Bertz CT molecular complexity index is 1800. The highest BCUT2D eigenvalue weighted by Crippen LogP contribution is 2.47. The summed E-state index contributed by atoms with van der Waals surface area (Å²) in [6.07, 6.45) is 4.19. The molecule has 4 aromatic rings. The van der Waals surface area contributed by atoms with Crippen LogP contribution in [0.2, 0.25) is 0 Å². The van der Waals surface area contributed by atoms with Crippen LogP contribution in [0.15, 0.2) is 114 Å². The van der Waals surface area contributed by atoms with Gasteiger partial charge in [0.1, 0.15) is 18.1 Å². The molecule has 6 rings (SSSR count). The Balaban J connectivity index is 1.31. The summed E-state index contributed by atoms with van der Waals surface area (Å²) in [6, 6.07) is 29.6. The van der Waals surface area contributed by atoms with Crippen LogP contribution in [0, 0.1) is 17.8 Å². The number of carbonyl (C=O) groups is 2. The summed E-state index contributed by atoms with van der Waals surface area (Å²) in [4.78, 5) is 28.9. The van der Waals surface area contributed by atoms with Gasteiger partial charge in [0, 0.05) is 11.3 Å². The van der Waals surface area contributed by atoms with E-state index in [0.29, 0.717) is 29.9 Å². The van der Waals surface area contributed by atoms with Gasteiger partial charge in [-0.3, -0.25) is 14.5 Å². The van der Waals surface area contributed by atoms with E-state index in [0.717, 1.165) is 40.3 Å². The Hall–Kier alpha value is -4.72. The number of aliphatic hydroxyl groups is 2. The minimum absolute atomic E-state index is 0.139. The molecular formula is C40H41NO6. The van der Waals surface area contributed by atoms with Gasteiger partial charge in [0.2, 0.25) is 11.8 Å². The van der Waals surface area contributed by atoms with Crippen molar-refractivity contribution >= 4 is 34.4 Å². The van der Waals surface area contributed by atoms with E-state index in [2.05, 4.69) is 13.0 Å². The minimum atomic E-state index is -0.951. The highest BCUT2D eigenvalue weighted by molar-refractivity contribution is 6.22. The number of aliphatic hydroxyl groups excluding tert-OH is 2. The van der Waals surface area contributed by atoms with Crippen LogP contribution in [0.4, 0.5) is 5.69 Å². The van der Waals surface area contributed by atoms with Crippen LogP contribution in [0.1, 0.15) is 44.6 Å². The lowest BCUT2D eigenvalue weighted by atomic mass is 9.68. The Morgan fingerprint density at radius 3 is 2.28 bits per heavy atom. The molecule has 0 saturated carbocycles. The number of amides is 2. The third-order valence-corrected chi connectivity index (χ3v) is 9.51. The molecule has 0 unspecified atom stereocenters. The van der Waals surface area contributed by atoms with Crippen molar-refractivity contribution in [1.82, 2.24) is 0 Å². The number of aromatic hydroxyl groups is 1. The van der Waals surface area contributed by atoms with Crippen LogP contribution in [0.5, 0.6) is 11.5 Å². The molecule has 1 saturated heterocycles. The highest BCUT2D eigenvalue weighted by atomic mass is 16.5. The number of rotatable bonds is 12. The first-order valence-corrected chi connectivity index (χ1v) is 16.4. The van der Waals surface area contributed by atoms with Gasteiger partial charge in [-0.2, -0.15) is 0 Å². The van der Waals surface area contributed by atoms with E-state index in [1.807, 2.05) is 66.7 Å². The molecule has 0 bridgehead atoms. The number of nitrogens with zero attached hydrogens (tertiary/aromatic N) is 1. The van der Waals surface area contributed by atoms with Gasteiger partial charge in [-0.25, -0.2) is 0 Å². The molecule has 7 heteroatoms. The summed E-state index contributed by atoms with van der Waals surface area (Å²) in [5.74, 6) is -1.88. The van der Waals surface area contributed by atoms with Crippen LogP contribution < -0.4 is 9.64 Å². The maximum Gasteiger partial charge on any atom is 0.238 e. The van der Waals surface area contributed by atoms with Crippen molar-refractivity contribution in [3.05, 3.63) is 119 Å². The molecule has 0 aromatic heterocycles. The third kappa shape index (κ3) is 6.59. The van der Waals surface area contributed by atoms with Gasteiger partial charge in [0.15, 0.2) is 0 Å². The van der Waals surface area contributed by atoms with E-state index < -0.39 is 23.9 Å². The van der Waals surface area contributed by atoms with Crippen molar-refractivity contribution in [3.8, 4) is 11.5 Å². The molecule has 0 radical (unpaired) electrons. The topological polar surface area (TPSA) is 107 Å². The van der Waals surface area contributed by atoms with E-state index >= 15 is 0 Å². The van der Waals surface area contributed by atoms with Gasteiger partial charge in [-0.05, 0) is 78.1 Å². The lowest BCUT2D eigenvalue weighted by Gasteiger charge is -2.36. The van der Waals surface area contributed by atoms with E-state index in [4.69, 9.17) is 4.74 Å². The SMILES string of the molecule is CCC/C(=C\c1ccc(O)c2ccccc12)CC[C@@H](O)C1=C(COc2ccccc2)C[C@H]2C(=O)N(c3ccccc3)C(=O)[C@H]2[C@H]1CO. The van der Waals surface area contributed by atoms with Crippen LogP contribution in [-0.2, 0) is 9.59 Å². The summed E-state index contributed by atoms with van der Waals surface area (Å²) in [6.45, 7) is 1.88. The number of para-hydroxylation sites is 2. The summed E-state index contributed by atoms with van der Waals surface area (Å²) in [5, 5.41) is 34.8. The third-order valence-electron chi connectivity index (χ3n) is 9.51. The number of fused-ring (bicyclic) bond motifs is 2. The van der Waals surface area contributed by atoms with E-state index in [1.54, 1.807) is 30.3 Å². The number of allylic oxidation sites excluding steroid dienone is 1. The van der Waals surface area contributed by atoms with Crippen molar-refractivity contribution in [2.75, 3.05) is 18.1 Å². The molecule has 242 valence electrons. The van der Waals surface area contributed by atoms with Crippen molar-refractivity contribution < 1.29 is 29.6 Å². The van der Waals surface area contributed by atoms with E-state index in [-0.39, 0.29) is 37.2 Å². The average Bonchev–Trinajstić information content (AvgIpc) is 3.36. The second-order valence-corrected chi connectivity index (χ2v) is 12.5. The summed E-state index contributed by atoms with van der Waals surface area (Å²) < 4.78 is 6.14. The molecule has 47 heavy (non-hydrogen) atoms. The van der Waals surface area contributed by atoms with Crippen LogP contribution in [-0.4, -0.2) is 46.5 Å². The van der Waals surface area contributed by atoms with E-state index in [9.17, 15) is 24.9 Å². The maximum atomic E-state index is 13.9. The number of carbonyl (C=O) groups excluding carboxylic acids is 2. The van der Waals surface area contributed by atoms with Gasteiger partial charge < -0.3 is 20.1 Å². The normalized spacial score (nSPS) is 20.5. The first-order valence-electron chi connectivity index (χ1n) is 16.4. The Kier molecular flexibility index (Phi) is 9.85. The van der Waals surface area contributed by atoms with Gasteiger partial charge in [-0.1, -0.05) is 91.7 Å². The molecule has 4 aromatic carbocycles. The van der Waals surface area contributed by atoms with Crippen LogP contribution in [0.25, 0.3) is 16.8 Å². The standard InChI is InChI=1S/C40H41NO6/c1-2-11-26(22-27-19-21-35(43)32-17-10-9-16-31(27)32)18-20-36(44)37-28(25-47-30-14-7-4-8-15-30)23-33-38(34(37)24-42)40(46)41(39(33)45)29-12-5-3-6-13-29/h3-10,12-17,19,21-22,33-34,36,38,42-44H,2,11,18,20,23-25H2,1H3/b26-22+/t33-,34+,36-,38-/m1/s1. The van der Waals surface area contributed by atoms with Crippen LogP contribution >= 0.6 is 0 Å². The summed E-state index contributed by atoms with van der Waals surface area (Å²) in [7, 11) is 0. The van der Waals surface area contributed by atoms with Crippen LogP contribution in [0.3, 0.4) is 0 Å².